The quantitative estimate of drug-likeness (QED) is 0.808. The van der Waals surface area contributed by atoms with Gasteiger partial charge in [0.2, 0.25) is 12.7 Å². The van der Waals surface area contributed by atoms with Gasteiger partial charge < -0.3 is 24.8 Å². The van der Waals surface area contributed by atoms with Crippen molar-refractivity contribution < 1.29 is 19.0 Å². The van der Waals surface area contributed by atoms with E-state index in [4.69, 9.17) is 19.5 Å². The summed E-state index contributed by atoms with van der Waals surface area (Å²) < 4.78 is 16.5. The van der Waals surface area contributed by atoms with Gasteiger partial charge in [0, 0.05) is 24.8 Å². The highest BCUT2D eigenvalue weighted by Crippen LogP contribution is 2.32. The Morgan fingerprint density at radius 2 is 2.00 bits per heavy atom. The van der Waals surface area contributed by atoms with E-state index in [-0.39, 0.29) is 25.0 Å². The van der Waals surface area contributed by atoms with E-state index in [1.54, 1.807) is 12.1 Å². The fourth-order valence-electron chi connectivity index (χ4n) is 3.48. The molecule has 8 heteroatoms. The summed E-state index contributed by atoms with van der Waals surface area (Å²) in [5.41, 5.74) is 1.47. The van der Waals surface area contributed by atoms with Crippen LogP contribution in [0.25, 0.3) is 0 Å². The van der Waals surface area contributed by atoms with E-state index in [1.807, 2.05) is 24.3 Å². The van der Waals surface area contributed by atoms with Crippen LogP contribution >= 0.6 is 0 Å². The number of nitriles is 1. The largest absolute Gasteiger partial charge is 0.474 e. The Kier molecular flexibility index (Phi) is 5.66. The van der Waals surface area contributed by atoms with E-state index in [0.717, 1.165) is 37.0 Å². The van der Waals surface area contributed by atoms with Crippen molar-refractivity contribution in [1.29, 1.82) is 5.26 Å². The SMILES string of the molecule is N#Cc1ccc(OC2CCC(NC(=O)NCc3ccc4c(c3)OCO4)CC2)nc1. The summed E-state index contributed by atoms with van der Waals surface area (Å²) in [5.74, 6) is 1.97. The lowest BCUT2D eigenvalue weighted by Gasteiger charge is -2.29. The first-order valence-electron chi connectivity index (χ1n) is 9.65. The highest BCUT2D eigenvalue weighted by molar-refractivity contribution is 5.74. The minimum absolute atomic E-state index is 0.0742. The van der Waals surface area contributed by atoms with Crippen molar-refractivity contribution in [3.8, 4) is 23.4 Å². The molecule has 1 aromatic heterocycles. The summed E-state index contributed by atoms with van der Waals surface area (Å²) in [6.45, 7) is 0.658. The summed E-state index contributed by atoms with van der Waals surface area (Å²) in [4.78, 5) is 16.4. The number of fused-ring (bicyclic) bond motifs is 1. The summed E-state index contributed by atoms with van der Waals surface area (Å²) >= 11 is 0. The molecule has 0 atom stereocenters. The van der Waals surface area contributed by atoms with Crippen LogP contribution < -0.4 is 24.8 Å². The molecule has 1 fully saturated rings. The van der Waals surface area contributed by atoms with Crippen LogP contribution in [0.4, 0.5) is 4.79 Å². The number of pyridine rings is 1. The molecule has 29 heavy (non-hydrogen) atoms. The lowest BCUT2D eigenvalue weighted by molar-refractivity contribution is 0.135. The monoisotopic (exact) mass is 394 g/mol. The van der Waals surface area contributed by atoms with Crippen molar-refractivity contribution in [2.45, 2.75) is 44.4 Å². The fourth-order valence-corrected chi connectivity index (χ4v) is 3.48. The van der Waals surface area contributed by atoms with Crippen LogP contribution in [-0.4, -0.2) is 30.0 Å². The topological polar surface area (TPSA) is 106 Å². The van der Waals surface area contributed by atoms with Crippen molar-refractivity contribution in [1.82, 2.24) is 15.6 Å². The van der Waals surface area contributed by atoms with E-state index in [0.29, 0.717) is 23.7 Å². The van der Waals surface area contributed by atoms with Gasteiger partial charge in [-0.1, -0.05) is 6.07 Å². The molecule has 1 aliphatic heterocycles. The van der Waals surface area contributed by atoms with Gasteiger partial charge in [0.1, 0.15) is 12.2 Å². The van der Waals surface area contributed by atoms with Gasteiger partial charge in [-0.15, -0.1) is 0 Å². The number of urea groups is 1. The van der Waals surface area contributed by atoms with Crippen LogP contribution in [0.5, 0.6) is 17.4 Å². The zero-order valence-electron chi connectivity index (χ0n) is 15.9. The first-order chi connectivity index (χ1) is 14.2. The van der Waals surface area contributed by atoms with E-state index in [1.165, 1.54) is 6.20 Å². The molecule has 8 nitrogen and oxygen atoms in total. The number of nitrogens with one attached hydrogen (secondary N) is 2. The highest BCUT2D eigenvalue weighted by atomic mass is 16.7. The number of hydrogen-bond donors (Lipinski definition) is 2. The summed E-state index contributed by atoms with van der Waals surface area (Å²) in [7, 11) is 0. The summed E-state index contributed by atoms with van der Waals surface area (Å²) in [5, 5.41) is 14.7. The average molecular weight is 394 g/mol. The maximum Gasteiger partial charge on any atom is 0.315 e. The Bertz CT molecular complexity index is 902. The van der Waals surface area contributed by atoms with E-state index in [9.17, 15) is 4.79 Å². The molecule has 1 aromatic carbocycles. The Balaban J connectivity index is 1.18. The van der Waals surface area contributed by atoms with Crippen molar-refractivity contribution in [2.24, 2.45) is 0 Å². The van der Waals surface area contributed by atoms with Gasteiger partial charge >= 0.3 is 6.03 Å². The highest BCUT2D eigenvalue weighted by Gasteiger charge is 2.24. The normalized spacial score (nSPS) is 19.8. The van der Waals surface area contributed by atoms with Crippen LogP contribution in [0, 0.1) is 11.3 Å². The molecule has 0 unspecified atom stereocenters. The van der Waals surface area contributed by atoms with Crippen LogP contribution in [0.3, 0.4) is 0 Å². The zero-order valence-corrected chi connectivity index (χ0v) is 15.9. The maximum absolute atomic E-state index is 12.2. The minimum Gasteiger partial charge on any atom is -0.474 e. The number of benzene rings is 1. The number of nitrogens with zero attached hydrogens (tertiary/aromatic N) is 2. The van der Waals surface area contributed by atoms with E-state index < -0.39 is 0 Å². The van der Waals surface area contributed by atoms with Crippen molar-refractivity contribution in [2.75, 3.05) is 6.79 Å². The first-order valence-corrected chi connectivity index (χ1v) is 9.65. The summed E-state index contributed by atoms with van der Waals surface area (Å²) in [6.07, 6.45) is 4.96. The fraction of sp³-hybridized carbons (Fsp3) is 0.381. The average Bonchev–Trinajstić information content (AvgIpc) is 3.22. The molecule has 2 heterocycles. The van der Waals surface area contributed by atoms with Crippen molar-refractivity contribution in [3.05, 3.63) is 47.7 Å². The molecule has 4 rings (SSSR count). The lowest BCUT2D eigenvalue weighted by Crippen LogP contribution is -2.44. The van der Waals surface area contributed by atoms with Crippen LogP contribution in [0.1, 0.15) is 36.8 Å². The van der Waals surface area contributed by atoms with Crippen LogP contribution in [0.15, 0.2) is 36.5 Å². The number of carbonyl (C=O) groups excluding carboxylic acids is 1. The number of carbonyl (C=O) groups is 1. The molecule has 2 aromatic rings. The predicted octanol–water partition coefficient (Wildman–Crippen LogP) is 2.87. The van der Waals surface area contributed by atoms with Gasteiger partial charge in [0.05, 0.1) is 5.56 Å². The minimum atomic E-state index is -0.180. The van der Waals surface area contributed by atoms with Gasteiger partial charge in [-0.3, -0.25) is 0 Å². The molecule has 1 aliphatic carbocycles. The summed E-state index contributed by atoms with van der Waals surface area (Å²) in [6, 6.07) is 11.0. The smallest absolute Gasteiger partial charge is 0.315 e. The third kappa shape index (κ3) is 4.88. The van der Waals surface area contributed by atoms with Gasteiger partial charge in [0.25, 0.3) is 0 Å². The Morgan fingerprint density at radius 1 is 1.17 bits per heavy atom. The molecule has 2 N–H and O–H groups in total. The molecular formula is C21H22N4O4. The number of hydrogen-bond acceptors (Lipinski definition) is 6. The first kappa shape index (κ1) is 18.9. The molecule has 150 valence electrons. The Hall–Kier alpha value is -3.47. The number of amides is 2. The maximum atomic E-state index is 12.2. The molecule has 2 amide bonds. The molecule has 0 saturated heterocycles. The predicted molar refractivity (Wildman–Crippen MR) is 104 cm³/mol. The van der Waals surface area contributed by atoms with E-state index in [2.05, 4.69) is 15.6 Å². The van der Waals surface area contributed by atoms with Crippen LogP contribution in [-0.2, 0) is 6.54 Å². The Morgan fingerprint density at radius 3 is 2.76 bits per heavy atom. The Labute approximate surface area is 168 Å². The molecular weight excluding hydrogens is 372 g/mol. The lowest BCUT2D eigenvalue weighted by atomic mass is 9.93. The number of rotatable bonds is 5. The molecule has 1 saturated carbocycles. The third-order valence-corrected chi connectivity index (χ3v) is 5.05. The van der Waals surface area contributed by atoms with Crippen molar-refractivity contribution in [3.63, 3.8) is 0 Å². The van der Waals surface area contributed by atoms with Gasteiger partial charge in [-0.25, -0.2) is 9.78 Å². The van der Waals surface area contributed by atoms with E-state index >= 15 is 0 Å². The molecule has 2 aliphatic rings. The molecule has 0 radical (unpaired) electrons. The van der Waals surface area contributed by atoms with Gasteiger partial charge in [0.15, 0.2) is 11.5 Å². The van der Waals surface area contributed by atoms with Gasteiger partial charge in [-0.2, -0.15) is 5.26 Å². The number of ether oxygens (including phenoxy) is 3. The standard InChI is InChI=1S/C21H22N4O4/c22-10-15-2-8-20(23-12-15)29-17-5-3-16(4-6-17)25-21(26)24-11-14-1-7-18-19(9-14)28-13-27-18/h1-2,7-9,12,16-17H,3-6,11,13H2,(H2,24,25,26). The third-order valence-electron chi connectivity index (χ3n) is 5.05. The van der Waals surface area contributed by atoms with Crippen molar-refractivity contribution >= 4 is 6.03 Å². The van der Waals surface area contributed by atoms with Crippen LogP contribution in [0.2, 0.25) is 0 Å². The zero-order chi connectivity index (χ0) is 20.1. The molecule has 0 bridgehead atoms. The molecule has 0 spiro atoms. The second-order valence-corrected chi connectivity index (χ2v) is 7.10. The van der Waals surface area contributed by atoms with Gasteiger partial charge in [-0.05, 0) is 49.4 Å². The number of aromatic nitrogens is 1. The second kappa shape index (κ2) is 8.69. The second-order valence-electron chi connectivity index (χ2n) is 7.10.